The van der Waals surface area contributed by atoms with Crippen molar-refractivity contribution in [3.8, 4) is 17.6 Å². The number of hydrogen-bond acceptors (Lipinski definition) is 5. The van der Waals surface area contributed by atoms with Crippen molar-refractivity contribution in [3.63, 3.8) is 0 Å². The van der Waals surface area contributed by atoms with Crippen LogP contribution in [0.1, 0.15) is 18.0 Å². The second-order valence-corrected chi connectivity index (χ2v) is 4.91. The fourth-order valence-corrected chi connectivity index (χ4v) is 2.31. The molecule has 0 bridgehead atoms. The molecule has 0 fully saturated rings. The van der Waals surface area contributed by atoms with Crippen molar-refractivity contribution in [1.82, 2.24) is 5.32 Å². The molecule has 0 saturated heterocycles. The van der Waals surface area contributed by atoms with Crippen molar-refractivity contribution in [1.29, 1.82) is 5.26 Å². The van der Waals surface area contributed by atoms with Crippen LogP contribution in [0.25, 0.3) is 10.4 Å². The molecular formula is C13H16BrN5O2. The lowest BCUT2D eigenvalue weighted by Gasteiger charge is -2.16. The summed E-state index contributed by atoms with van der Waals surface area (Å²) in [6, 6.07) is 5.23. The topological polar surface area (TPSA) is 103 Å². The third-order valence-electron chi connectivity index (χ3n) is 2.79. The predicted molar refractivity (Wildman–Crippen MR) is 82.2 cm³/mol. The maximum atomic E-state index is 9.31. The van der Waals surface area contributed by atoms with Gasteiger partial charge in [-0.15, -0.1) is 0 Å². The smallest absolute Gasteiger partial charge is 0.161 e. The van der Waals surface area contributed by atoms with Gasteiger partial charge in [0, 0.05) is 21.5 Å². The molecule has 0 amide bonds. The Bertz CT molecular complexity index is 566. The van der Waals surface area contributed by atoms with E-state index < -0.39 is 6.04 Å². The molecule has 1 N–H and O–H groups in total. The average molecular weight is 354 g/mol. The third kappa shape index (κ3) is 4.83. The summed E-state index contributed by atoms with van der Waals surface area (Å²) in [6.45, 7) is 0.965. The normalized spacial score (nSPS) is 11.1. The molecule has 1 aromatic carbocycles. The Morgan fingerprint density at radius 2 is 2.10 bits per heavy atom. The highest BCUT2D eigenvalue weighted by atomic mass is 79.9. The van der Waals surface area contributed by atoms with Crippen molar-refractivity contribution in [3.05, 3.63) is 32.6 Å². The first kappa shape index (κ1) is 17.1. The summed E-state index contributed by atoms with van der Waals surface area (Å²) < 4.78 is 11.2. The number of nitrogens with zero attached hydrogens (tertiary/aromatic N) is 4. The van der Waals surface area contributed by atoms with E-state index in [1.807, 2.05) is 0 Å². The van der Waals surface area contributed by atoms with Crippen LogP contribution < -0.4 is 14.8 Å². The van der Waals surface area contributed by atoms with Gasteiger partial charge in [0.1, 0.15) is 6.04 Å². The van der Waals surface area contributed by atoms with Gasteiger partial charge < -0.3 is 9.47 Å². The maximum Gasteiger partial charge on any atom is 0.161 e. The molecular weight excluding hydrogens is 338 g/mol. The van der Waals surface area contributed by atoms with Crippen LogP contribution in [0.2, 0.25) is 0 Å². The van der Waals surface area contributed by atoms with Gasteiger partial charge in [0.25, 0.3) is 0 Å². The first-order valence-corrected chi connectivity index (χ1v) is 7.02. The second-order valence-electron chi connectivity index (χ2n) is 4.05. The molecule has 0 saturated carbocycles. The molecule has 0 radical (unpaired) electrons. The Morgan fingerprint density at radius 3 is 2.67 bits per heavy atom. The Morgan fingerprint density at radius 1 is 1.43 bits per heavy atom. The average Bonchev–Trinajstić information content (AvgIpc) is 2.51. The van der Waals surface area contributed by atoms with Gasteiger partial charge in [-0.05, 0) is 30.6 Å². The van der Waals surface area contributed by atoms with E-state index in [4.69, 9.17) is 15.0 Å². The quantitative estimate of drug-likeness (QED) is 0.335. The Labute approximate surface area is 131 Å². The number of hydrogen-bond donors (Lipinski definition) is 1. The van der Waals surface area contributed by atoms with Crippen molar-refractivity contribution in [2.75, 3.05) is 27.3 Å². The molecule has 0 aliphatic rings. The zero-order valence-corrected chi connectivity index (χ0v) is 13.4. The number of methoxy groups -OCH3 is 2. The molecule has 1 unspecified atom stereocenters. The molecule has 7 nitrogen and oxygen atoms in total. The number of benzene rings is 1. The van der Waals surface area contributed by atoms with Gasteiger partial charge in [-0.1, -0.05) is 21.0 Å². The van der Waals surface area contributed by atoms with Gasteiger partial charge in [0.05, 0.1) is 20.3 Å². The SMILES string of the molecule is COc1cc(Br)c(C(C#N)NCCCN=[N+]=[N-])cc1OC. The van der Waals surface area contributed by atoms with Gasteiger partial charge in [-0.3, -0.25) is 5.32 Å². The number of halogens is 1. The number of ether oxygens (including phenoxy) is 2. The maximum absolute atomic E-state index is 9.31. The lowest BCUT2D eigenvalue weighted by molar-refractivity contribution is 0.354. The van der Waals surface area contributed by atoms with Gasteiger partial charge in [-0.2, -0.15) is 5.26 Å². The van der Waals surface area contributed by atoms with E-state index in [1.54, 1.807) is 26.4 Å². The molecule has 8 heteroatoms. The molecule has 0 aliphatic heterocycles. The second kappa shape index (κ2) is 9.08. The highest BCUT2D eigenvalue weighted by Gasteiger charge is 2.17. The predicted octanol–water partition coefficient (Wildman–Crippen LogP) is 3.32. The van der Waals surface area contributed by atoms with E-state index >= 15 is 0 Å². The standard InChI is InChI=1S/C13H16BrN5O2/c1-20-12-6-9(10(14)7-13(12)21-2)11(8-15)17-4-3-5-18-19-16/h6-7,11,17H,3-5H2,1-2H3. The van der Waals surface area contributed by atoms with E-state index in [2.05, 4.69) is 37.3 Å². The van der Waals surface area contributed by atoms with Crippen LogP contribution in [-0.2, 0) is 0 Å². The van der Waals surface area contributed by atoms with E-state index in [1.165, 1.54) is 0 Å². The molecule has 1 rings (SSSR count). The van der Waals surface area contributed by atoms with E-state index in [0.29, 0.717) is 31.0 Å². The fourth-order valence-electron chi connectivity index (χ4n) is 1.76. The minimum atomic E-state index is -0.495. The summed E-state index contributed by atoms with van der Waals surface area (Å²) in [4.78, 5) is 2.68. The summed E-state index contributed by atoms with van der Waals surface area (Å²) >= 11 is 3.43. The third-order valence-corrected chi connectivity index (χ3v) is 3.48. The molecule has 0 spiro atoms. The summed E-state index contributed by atoms with van der Waals surface area (Å²) in [5.74, 6) is 1.15. The highest BCUT2D eigenvalue weighted by Crippen LogP contribution is 2.35. The number of rotatable bonds is 8. The highest BCUT2D eigenvalue weighted by molar-refractivity contribution is 9.10. The Kier molecular flexibility index (Phi) is 7.40. The lowest BCUT2D eigenvalue weighted by atomic mass is 10.1. The summed E-state index contributed by atoms with van der Waals surface area (Å²) in [7, 11) is 3.10. The number of nitriles is 1. The van der Waals surface area contributed by atoms with E-state index in [9.17, 15) is 5.26 Å². The van der Waals surface area contributed by atoms with E-state index in [0.717, 1.165) is 10.0 Å². The molecule has 0 heterocycles. The van der Waals surface area contributed by atoms with Crippen molar-refractivity contribution in [2.45, 2.75) is 12.5 Å². The minimum Gasteiger partial charge on any atom is -0.493 e. The largest absolute Gasteiger partial charge is 0.493 e. The molecule has 21 heavy (non-hydrogen) atoms. The van der Waals surface area contributed by atoms with Crippen LogP contribution in [0.3, 0.4) is 0 Å². The van der Waals surface area contributed by atoms with Crippen LogP contribution in [0.5, 0.6) is 11.5 Å². The molecule has 1 atom stereocenters. The lowest BCUT2D eigenvalue weighted by Crippen LogP contribution is -2.22. The van der Waals surface area contributed by atoms with Gasteiger partial charge in [0.2, 0.25) is 0 Å². The van der Waals surface area contributed by atoms with Gasteiger partial charge in [0.15, 0.2) is 11.5 Å². The number of azide groups is 1. The van der Waals surface area contributed by atoms with Crippen LogP contribution >= 0.6 is 15.9 Å². The van der Waals surface area contributed by atoms with Crippen LogP contribution in [0.4, 0.5) is 0 Å². The molecule has 1 aromatic rings. The van der Waals surface area contributed by atoms with Crippen molar-refractivity contribution >= 4 is 15.9 Å². The van der Waals surface area contributed by atoms with Crippen molar-refractivity contribution in [2.24, 2.45) is 5.11 Å². The monoisotopic (exact) mass is 353 g/mol. The first-order chi connectivity index (χ1) is 10.2. The molecule has 112 valence electrons. The van der Waals surface area contributed by atoms with Crippen LogP contribution in [0.15, 0.2) is 21.7 Å². The summed E-state index contributed by atoms with van der Waals surface area (Å²) in [5, 5.41) is 15.9. The van der Waals surface area contributed by atoms with Gasteiger partial charge >= 0.3 is 0 Å². The number of nitrogens with one attached hydrogen (secondary N) is 1. The Hall–Kier alpha value is -1.94. The van der Waals surface area contributed by atoms with Crippen LogP contribution in [-0.4, -0.2) is 27.3 Å². The minimum absolute atomic E-state index is 0.398. The zero-order chi connectivity index (χ0) is 15.7. The fraction of sp³-hybridized carbons (Fsp3) is 0.462. The van der Waals surface area contributed by atoms with E-state index in [-0.39, 0.29) is 0 Å². The molecule has 0 aromatic heterocycles. The summed E-state index contributed by atoms with van der Waals surface area (Å²) in [5.41, 5.74) is 8.96. The molecule has 0 aliphatic carbocycles. The van der Waals surface area contributed by atoms with Gasteiger partial charge in [-0.25, -0.2) is 0 Å². The summed E-state index contributed by atoms with van der Waals surface area (Å²) in [6.07, 6.45) is 0.660. The van der Waals surface area contributed by atoms with Crippen molar-refractivity contribution < 1.29 is 9.47 Å². The zero-order valence-electron chi connectivity index (χ0n) is 11.8. The first-order valence-electron chi connectivity index (χ1n) is 6.23. The Balaban J connectivity index is 2.85. The van der Waals surface area contributed by atoms with Crippen LogP contribution in [0, 0.1) is 11.3 Å².